The molecule has 2 aromatic rings. The highest BCUT2D eigenvalue weighted by Gasteiger charge is 2.22. The zero-order valence-corrected chi connectivity index (χ0v) is 15.2. The molecule has 0 aliphatic carbocycles. The molecule has 0 saturated carbocycles. The molecule has 0 bridgehead atoms. The molecule has 0 spiro atoms. The predicted molar refractivity (Wildman–Crippen MR) is 100 cm³/mol. The zero-order valence-electron chi connectivity index (χ0n) is 15.2. The molecule has 134 valence electrons. The van der Waals surface area contributed by atoms with Crippen molar-refractivity contribution in [1.29, 1.82) is 0 Å². The summed E-state index contributed by atoms with van der Waals surface area (Å²) in [7, 11) is 0. The normalized spacial score (nSPS) is 16.3. The quantitative estimate of drug-likeness (QED) is 0.880. The predicted octanol–water partition coefficient (Wildman–Crippen LogP) is 2.79. The fourth-order valence-corrected chi connectivity index (χ4v) is 3.48. The van der Waals surface area contributed by atoms with Gasteiger partial charge in [-0.05, 0) is 45.7 Å². The number of carbonyl (C=O) groups is 1. The molecule has 1 aromatic carbocycles. The lowest BCUT2D eigenvalue weighted by Crippen LogP contribution is -2.43. The number of piperidine rings is 1. The molecule has 2 heterocycles. The van der Waals surface area contributed by atoms with Gasteiger partial charge in [-0.2, -0.15) is 0 Å². The summed E-state index contributed by atoms with van der Waals surface area (Å²) in [5.41, 5.74) is 1.16. The Balaban J connectivity index is 1.52. The summed E-state index contributed by atoms with van der Waals surface area (Å²) in [6.07, 6.45) is 6.21. The van der Waals surface area contributed by atoms with Gasteiger partial charge in [0, 0.05) is 30.5 Å². The van der Waals surface area contributed by atoms with E-state index in [1.165, 1.54) is 0 Å². The number of hydrogen-bond donors (Lipinski definition) is 1. The SMILES string of the molecule is CC(C)NC(=O)CN1CCC(Cn2ccnc2-c2ccccc2)CC1. The zero-order chi connectivity index (χ0) is 17.6. The maximum Gasteiger partial charge on any atom is 0.234 e. The van der Waals surface area contributed by atoms with Gasteiger partial charge in [0.15, 0.2) is 0 Å². The number of hydrogen-bond acceptors (Lipinski definition) is 3. The Morgan fingerprint density at radius 3 is 2.64 bits per heavy atom. The first-order chi connectivity index (χ1) is 12.1. The second kappa shape index (κ2) is 8.30. The number of nitrogens with zero attached hydrogens (tertiary/aromatic N) is 3. The number of aromatic nitrogens is 2. The monoisotopic (exact) mass is 340 g/mol. The van der Waals surface area contributed by atoms with Crippen LogP contribution in [0.2, 0.25) is 0 Å². The summed E-state index contributed by atoms with van der Waals surface area (Å²) >= 11 is 0. The van der Waals surface area contributed by atoms with Crippen LogP contribution < -0.4 is 5.32 Å². The van der Waals surface area contributed by atoms with Gasteiger partial charge >= 0.3 is 0 Å². The molecule has 1 aliphatic rings. The van der Waals surface area contributed by atoms with Crippen molar-refractivity contribution in [2.45, 2.75) is 39.3 Å². The molecule has 25 heavy (non-hydrogen) atoms. The van der Waals surface area contributed by atoms with Crippen LogP contribution in [0.25, 0.3) is 11.4 Å². The minimum Gasteiger partial charge on any atom is -0.353 e. The maximum absolute atomic E-state index is 11.9. The van der Waals surface area contributed by atoms with Gasteiger partial charge in [-0.15, -0.1) is 0 Å². The fraction of sp³-hybridized carbons (Fsp3) is 0.500. The van der Waals surface area contributed by atoms with Gasteiger partial charge in [0.25, 0.3) is 0 Å². The van der Waals surface area contributed by atoms with Crippen molar-refractivity contribution in [3.63, 3.8) is 0 Å². The van der Waals surface area contributed by atoms with Gasteiger partial charge < -0.3 is 9.88 Å². The molecule has 3 rings (SSSR count). The van der Waals surface area contributed by atoms with Crippen LogP contribution in [0.15, 0.2) is 42.7 Å². The van der Waals surface area contributed by atoms with E-state index < -0.39 is 0 Å². The topological polar surface area (TPSA) is 50.2 Å². The lowest BCUT2D eigenvalue weighted by atomic mass is 9.96. The molecule has 5 nitrogen and oxygen atoms in total. The average molecular weight is 340 g/mol. The lowest BCUT2D eigenvalue weighted by molar-refractivity contribution is -0.123. The first kappa shape index (κ1) is 17.7. The third-order valence-electron chi connectivity index (χ3n) is 4.73. The van der Waals surface area contributed by atoms with Crippen molar-refractivity contribution in [2.24, 2.45) is 5.92 Å². The Morgan fingerprint density at radius 1 is 1.24 bits per heavy atom. The summed E-state index contributed by atoms with van der Waals surface area (Å²) < 4.78 is 2.27. The van der Waals surface area contributed by atoms with Crippen LogP contribution in [-0.4, -0.2) is 46.0 Å². The summed E-state index contributed by atoms with van der Waals surface area (Å²) in [4.78, 5) is 18.7. The molecule has 0 atom stereocenters. The van der Waals surface area contributed by atoms with E-state index in [0.717, 1.165) is 43.9 Å². The van der Waals surface area contributed by atoms with Crippen LogP contribution in [0.3, 0.4) is 0 Å². The summed E-state index contributed by atoms with van der Waals surface area (Å²) in [5.74, 6) is 1.81. The third kappa shape index (κ3) is 4.92. The molecule has 1 N–H and O–H groups in total. The number of likely N-dealkylation sites (tertiary alicyclic amines) is 1. The second-order valence-electron chi connectivity index (χ2n) is 7.21. The van der Waals surface area contributed by atoms with Crippen molar-refractivity contribution in [2.75, 3.05) is 19.6 Å². The van der Waals surface area contributed by atoms with Crippen molar-refractivity contribution in [3.05, 3.63) is 42.7 Å². The van der Waals surface area contributed by atoms with Crippen molar-refractivity contribution >= 4 is 5.91 Å². The molecular formula is C20H28N4O. The van der Waals surface area contributed by atoms with E-state index in [-0.39, 0.29) is 11.9 Å². The van der Waals surface area contributed by atoms with E-state index in [0.29, 0.717) is 12.5 Å². The molecule has 1 amide bonds. The molecule has 1 fully saturated rings. The van der Waals surface area contributed by atoms with Gasteiger partial charge in [0.1, 0.15) is 5.82 Å². The van der Waals surface area contributed by atoms with Gasteiger partial charge in [-0.1, -0.05) is 30.3 Å². The van der Waals surface area contributed by atoms with Crippen LogP contribution in [0.1, 0.15) is 26.7 Å². The molecule has 5 heteroatoms. The van der Waals surface area contributed by atoms with Gasteiger partial charge in [-0.3, -0.25) is 9.69 Å². The lowest BCUT2D eigenvalue weighted by Gasteiger charge is -2.32. The number of benzene rings is 1. The highest BCUT2D eigenvalue weighted by atomic mass is 16.2. The summed E-state index contributed by atoms with van der Waals surface area (Å²) in [5, 5.41) is 2.97. The highest BCUT2D eigenvalue weighted by Crippen LogP contribution is 2.23. The van der Waals surface area contributed by atoms with E-state index >= 15 is 0 Å². The van der Waals surface area contributed by atoms with Crippen LogP contribution >= 0.6 is 0 Å². The molecule has 0 radical (unpaired) electrons. The Kier molecular flexibility index (Phi) is 5.87. The minimum absolute atomic E-state index is 0.134. The Hall–Kier alpha value is -2.14. The Morgan fingerprint density at radius 2 is 1.96 bits per heavy atom. The summed E-state index contributed by atoms with van der Waals surface area (Å²) in [6, 6.07) is 10.6. The first-order valence-corrected chi connectivity index (χ1v) is 9.20. The molecule has 0 unspecified atom stereocenters. The molecule has 1 saturated heterocycles. The largest absolute Gasteiger partial charge is 0.353 e. The highest BCUT2D eigenvalue weighted by molar-refractivity contribution is 5.78. The van der Waals surface area contributed by atoms with Crippen molar-refractivity contribution in [1.82, 2.24) is 19.8 Å². The minimum atomic E-state index is 0.134. The first-order valence-electron chi connectivity index (χ1n) is 9.20. The van der Waals surface area contributed by atoms with Gasteiger partial charge in [-0.25, -0.2) is 4.98 Å². The van der Waals surface area contributed by atoms with Gasteiger partial charge in [0.2, 0.25) is 5.91 Å². The van der Waals surface area contributed by atoms with E-state index in [1.807, 2.05) is 26.1 Å². The number of amides is 1. The summed E-state index contributed by atoms with van der Waals surface area (Å²) in [6.45, 7) is 7.50. The smallest absolute Gasteiger partial charge is 0.234 e. The van der Waals surface area contributed by atoms with E-state index in [9.17, 15) is 4.79 Å². The van der Waals surface area contributed by atoms with Crippen LogP contribution in [0, 0.1) is 5.92 Å². The Bertz CT molecular complexity index is 672. The molecule has 1 aromatic heterocycles. The average Bonchev–Trinajstić information content (AvgIpc) is 3.05. The Labute approximate surface area is 150 Å². The number of carbonyl (C=O) groups excluding carboxylic acids is 1. The molecular weight excluding hydrogens is 312 g/mol. The standard InChI is InChI=1S/C20H28N4O/c1-16(2)22-19(25)15-23-11-8-17(9-12-23)14-24-13-10-21-20(24)18-6-4-3-5-7-18/h3-7,10,13,16-17H,8-9,11-12,14-15H2,1-2H3,(H,22,25). The van der Waals surface area contributed by atoms with Crippen LogP contribution in [-0.2, 0) is 11.3 Å². The van der Waals surface area contributed by atoms with E-state index in [1.54, 1.807) is 0 Å². The number of nitrogens with one attached hydrogen (secondary N) is 1. The third-order valence-corrected chi connectivity index (χ3v) is 4.73. The fourth-order valence-electron chi connectivity index (χ4n) is 3.48. The molecule has 1 aliphatic heterocycles. The van der Waals surface area contributed by atoms with E-state index in [4.69, 9.17) is 0 Å². The maximum atomic E-state index is 11.9. The van der Waals surface area contributed by atoms with E-state index in [2.05, 4.69) is 50.2 Å². The van der Waals surface area contributed by atoms with Crippen LogP contribution in [0.4, 0.5) is 0 Å². The number of imidazole rings is 1. The van der Waals surface area contributed by atoms with Gasteiger partial charge in [0.05, 0.1) is 6.54 Å². The van der Waals surface area contributed by atoms with Crippen molar-refractivity contribution in [3.8, 4) is 11.4 Å². The second-order valence-corrected chi connectivity index (χ2v) is 7.21. The van der Waals surface area contributed by atoms with Crippen LogP contribution in [0.5, 0.6) is 0 Å². The van der Waals surface area contributed by atoms with Crippen molar-refractivity contribution < 1.29 is 4.79 Å². The number of rotatable bonds is 6.